The Bertz CT molecular complexity index is 833. The van der Waals surface area contributed by atoms with E-state index in [4.69, 9.17) is 4.74 Å². The third-order valence-corrected chi connectivity index (χ3v) is 4.07. The van der Waals surface area contributed by atoms with Crippen LogP contribution >= 0.6 is 0 Å². The molecule has 3 rings (SSSR count). The molecule has 8 nitrogen and oxygen atoms in total. The van der Waals surface area contributed by atoms with Gasteiger partial charge in [0.05, 0.1) is 6.54 Å². The van der Waals surface area contributed by atoms with Crippen LogP contribution in [0, 0.1) is 6.92 Å². The number of aromatic amines is 1. The van der Waals surface area contributed by atoms with Crippen molar-refractivity contribution in [3.63, 3.8) is 0 Å². The Morgan fingerprint density at radius 1 is 1.32 bits per heavy atom. The van der Waals surface area contributed by atoms with Crippen molar-refractivity contribution in [2.24, 2.45) is 0 Å². The van der Waals surface area contributed by atoms with Crippen molar-refractivity contribution < 1.29 is 9.53 Å². The Morgan fingerprint density at radius 3 is 2.80 bits per heavy atom. The molecule has 1 fully saturated rings. The van der Waals surface area contributed by atoms with Crippen LogP contribution in [-0.2, 0) is 0 Å². The number of hydrogen-bond donors (Lipinski definition) is 1. The van der Waals surface area contributed by atoms with Crippen LogP contribution in [0.3, 0.4) is 0 Å². The number of anilines is 1. The molecule has 0 aliphatic carbocycles. The van der Waals surface area contributed by atoms with Gasteiger partial charge in [-0.25, -0.2) is 9.97 Å². The second kappa shape index (κ2) is 6.92. The minimum absolute atomic E-state index is 0.153. The van der Waals surface area contributed by atoms with Crippen LogP contribution in [-0.4, -0.2) is 59.0 Å². The number of aryl methyl sites for hydroxylation is 1. The third-order valence-electron chi connectivity index (χ3n) is 4.07. The van der Waals surface area contributed by atoms with Crippen molar-refractivity contribution in [1.82, 2.24) is 19.9 Å². The molecule has 1 amide bonds. The van der Waals surface area contributed by atoms with Gasteiger partial charge in [0, 0.05) is 45.1 Å². The summed E-state index contributed by atoms with van der Waals surface area (Å²) in [6, 6.07) is 3.29. The molecule has 8 heteroatoms. The summed E-state index contributed by atoms with van der Waals surface area (Å²) in [5, 5.41) is 0. The van der Waals surface area contributed by atoms with E-state index in [0.717, 1.165) is 5.69 Å². The average Bonchev–Trinajstić information content (AvgIpc) is 3.03. The van der Waals surface area contributed by atoms with Gasteiger partial charge in [-0.2, -0.15) is 0 Å². The van der Waals surface area contributed by atoms with Crippen molar-refractivity contribution >= 4 is 11.7 Å². The molecule has 0 aromatic carbocycles. The predicted octanol–water partition coefficient (Wildman–Crippen LogP) is 0.833. The highest BCUT2D eigenvalue weighted by Crippen LogP contribution is 2.24. The molecule has 2 aromatic rings. The molecular formula is C17H21N5O3. The van der Waals surface area contributed by atoms with Gasteiger partial charge in [0.25, 0.3) is 17.3 Å². The summed E-state index contributed by atoms with van der Waals surface area (Å²) < 4.78 is 5.94. The smallest absolute Gasteiger partial charge is 0.260 e. The standard InChI is InChI=1S/C17H21N5O3/c1-11-4-5-13(15(23)20-11)17(24)22-9-6-12(10-22)25-16-14(21(2)3)18-7-8-19-16/h4-5,7-8,12H,6,9-10H2,1-3H3,(H,20,23). The number of hydrogen-bond acceptors (Lipinski definition) is 6. The number of aromatic nitrogens is 3. The number of pyridine rings is 1. The minimum atomic E-state index is -0.363. The van der Waals surface area contributed by atoms with E-state index < -0.39 is 0 Å². The maximum Gasteiger partial charge on any atom is 0.260 e. The SMILES string of the molecule is Cc1ccc(C(=O)N2CCC(Oc3nccnc3N(C)C)C2)c(=O)[nH]1. The van der Waals surface area contributed by atoms with E-state index in [1.54, 1.807) is 36.4 Å². The number of carbonyl (C=O) groups is 1. The molecule has 2 aromatic heterocycles. The van der Waals surface area contributed by atoms with Crippen LogP contribution in [0.4, 0.5) is 5.82 Å². The zero-order chi connectivity index (χ0) is 18.0. The summed E-state index contributed by atoms with van der Waals surface area (Å²) in [5.74, 6) is 0.807. The van der Waals surface area contributed by atoms with E-state index in [1.165, 1.54) is 0 Å². The Balaban J connectivity index is 1.70. The van der Waals surface area contributed by atoms with E-state index in [0.29, 0.717) is 31.2 Å². The fourth-order valence-electron chi connectivity index (χ4n) is 2.79. The fourth-order valence-corrected chi connectivity index (χ4v) is 2.79. The molecule has 1 aliphatic rings. The topological polar surface area (TPSA) is 91.4 Å². The normalized spacial score (nSPS) is 16.8. The number of amides is 1. The lowest BCUT2D eigenvalue weighted by Crippen LogP contribution is -2.34. The Labute approximate surface area is 145 Å². The van der Waals surface area contributed by atoms with Gasteiger partial charge in [0.1, 0.15) is 11.7 Å². The van der Waals surface area contributed by atoms with E-state index >= 15 is 0 Å². The monoisotopic (exact) mass is 343 g/mol. The minimum Gasteiger partial charge on any atom is -0.470 e. The van der Waals surface area contributed by atoms with E-state index in [-0.39, 0.29) is 23.1 Å². The Hall–Kier alpha value is -2.90. The number of likely N-dealkylation sites (tertiary alicyclic amines) is 1. The second-order valence-corrected chi connectivity index (χ2v) is 6.24. The fraction of sp³-hybridized carbons (Fsp3) is 0.412. The molecule has 1 aliphatic heterocycles. The van der Waals surface area contributed by atoms with Gasteiger partial charge in [-0.1, -0.05) is 0 Å². The van der Waals surface area contributed by atoms with Gasteiger partial charge in [-0.3, -0.25) is 9.59 Å². The Kier molecular flexibility index (Phi) is 4.69. The summed E-state index contributed by atoms with van der Waals surface area (Å²) in [7, 11) is 3.73. The van der Waals surface area contributed by atoms with Gasteiger partial charge >= 0.3 is 0 Å². The molecule has 25 heavy (non-hydrogen) atoms. The second-order valence-electron chi connectivity index (χ2n) is 6.24. The molecule has 1 saturated heterocycles. The van der Waals surface area contributed by atoms with Gasteiger partial charge in [0.15, 0.2) is 5.82 Å². The maximum absolute atomic E-state index is 12.6. The summed E-state index contributed by atoms with van der Waals surface area (Å²) >= 11 is 0. The van der Waals surface area contributed by atoms with Crippen molar-refractivity contribution in [1.29, 1.82) is 0 Å². The number of H-pyrrole nitrogens is 1. The maximum atomic E-state index is 12.6. The molecule has 0 radical (unpaired) electrons. The van der Waals surface area contributed by atoms with E-state index in [2.05, 4.69) is 15.0 Å². The predicted molar refractivity (Wildman–Crippen MR) is 93.1 cm³/mol. The molecule has 0 saturated carbocycles. The van der Waals surface area contributed by atoms with Crippen molar-refractivity contribution in [3.8, 4) is 5.88 Å². The van der Waals surface area contributed by atoms with Crippen molar-refractivity contribution in [3.05, 3.63) is 46.1 Å². The lowest BCUT2D eigenvalue weighted by atomic mass is 10.2. The van der Waals surface area contributed by atoms with Crippen molar-refractivity contribution in [2.45, 2.75) is 19.4 Å². The highest BCUT2D eigenvalue weighted by atomic mass is 16.5. The largest absolute Gasteiger partial charge is 0.470 e. The lowest BCUT2D eigenvalue weighted by molar-refractivity contribution is 0.0769. The van der Waals surface area contributed by atoms with Gasteiger partial charge in [-0.15, -0.1) is 0 Å². The quantitative estimate of drug-likeness (QED) is 0.884. The summed E-state index contributed by atoms with van der Waals surface area (Å²) in [6.07, 6.45) is 3.69. The summed E-state index contributed by atoms with van der Waals surface area (Å²) in [4.78, 5) is 39.1. The van der Waals surface area contributed by atoms with Crippen LogP contribution in [0.15, 0.2) is 29.3 Å². The zero-order valence-corrected chi connectivity index (χ0v) is 14.5. The summed E-state index contributed by atoms with van der Waals surface area (Å²) in [5.41, 5.74) is 0.515. The van der Waals surface area contributed by atoms with Gasteiger partial charge in [0.2, 0.25) is 0 Å². The first-order chi connectivity index (χ1) is 12.0. The van der Waals surface area contributed by atoms with Crippen LogP contribution in [0.25, 0.3) is 0 Å². The zero-order valence-electron chi connectivity index (χ0n) is 14.5. The first kappa shape index (κ1) is 16.9. The molecule has 3 heterocycles. The number of rotatable bonds is 4. The highest BCUT2D eigenvalue weighted by molar-refractivity contribution is 5.94. The highest BCUT2D eigenvalue weighted by Gasteiger charge is 2.30. The molecule has 132 valence electrons. The third kappa shape index (κ3) is 3.62. The van der Waals surface area contributed by atoms with Crippen LogP contribution < -0.4 is 15.2 Å². The molecule has 1 atom stereocenters. The van der Waals surface area contributed by atoms with Gasteiger partial charge in [-0.05, 0) is 19.1 Å². The number of carbonyl (C=O) groups excluding carboxylic acids is 1. The Morgan fingerprint density at radius 2 is 2.08 bits per heavy atom. The first-order valence-corrected chi connectivity index (χ1v) is 8.10. The molecule has 1 N–H and O–H groups in total. The number of ether oxygens (including phenoxy) is 1. The van der Waals surface area contributed by atoms with Crippen molar-refractivity contribution in [2.75, 3.05) is 32.1 Å². The number of nitrogens with one attached hydrogen (secondary N) is 1. The van der Waals surface area contributed by atoms with Crippen LogP contribution in [0.2, 0.25) is 0 Å². The van der Waals surface area contributed by atoms with Gasteiger partial charge < -0.3 is 19.5 Å². The molecular weight excluding hydrogens is 322 g/mol. The first-order valence-electron chi connectivity index (χ1n) is 8.10. The van der Waals surface area contributed by atoms with Crippen LogP contribution in [0.1, 0.15) is 22.5 Å². The molecule has 0 bridgehead atoms. The number of nitrogens with zero attached hydrogens (tertiary/aromatic N) is 4. The van der Waals surface area contributed by atoms with E-state index in [9.17, 15) is 9.59 Å². The summed E-state index contributed by atoms with van der Waals surface area (Å²) in [6.45, 7) is 2.72. The molecule has 0 spiro atoms. The average molecular weight is 343 g/mol. The van der Waals surface area contributed by atoms with Crippen LogP contribution in [0.5, 0.6) is 5.88 Å². The molecule has 1 unspecified atom stereocenters. The lowest BCUT2D eigenvalue weighted by Gasteiger charge is -2.19. The van der Waals surface area contributed by atoms with E-state index in [1.807, 2.05) is 19.0 Å².